The zero-order valence-corrected chi connectivity index (χ0v) is 17.0. The molecule has 0 aromatic heterocycles. The summed E-state index contributed by atoms with van der Waals surface area (Å²) in [5, 5.41) is 7.46. The fourth-order valence-corrected chi connectivity index (χ4v) is 2.65. The molecule has 1 unspecified atom stereocenters. The highest BCUT2D eigenvalue weighted by Crippen LogP contribution is 2.25. The molecule has 0 saturated heterocycles. The van der Waals surface area contributed by atoms with E-state index in [-0.39, 0.29) is 18.4 Å². The lowest BCUT2D eigenvalue weighted by atomic mass is 10.1. The molecule has 0 spiro atoms. The molecule has 1 aromatic carbocycles. The van der Waals surface area contributed by atoms with Gasteiger partial charge in [-0.3, -0.25) is 4.99 Å². The lowest BCUT2D eigenvalue weighted by Crippen LogP contribution is -2.39. The van der Waals surface area contributed by atoms with Crippen LogP contribution in [0.2, 0.25) is 10.0 Å². The molecule has 9 heteroatoms. The van der Waals surface area contributed by atoms with Crippen molar-refractivity contribution in [2.75, 3.05) is 38.3 Å². The third-order valence-corrected chi connectivity index (χ3v) is 4.89. The average molecular weight is 410 g/mol. The van der Waals surface area contributed by atoms with E-state index in [2.05, 4.69) is 15.6 Å². The Hall–Kier alpha value is -1.02. The van der Waals surface area contributed by atoms with Crippen LogP contribution in [0.3, 0.4) is 0 Å². The summed E-state index contributed by atoms with van der Waals surface area (Å²) in [7, 11) is -3.00. The van der Waals surface area contributed by atoms with E-state index in [9.17, 15) is 8.42 Å². The summed E-state index contributed by atoms with van der Waals surface area (Å²) in [6, 6.07) is 5.47. The second-order valence-corrected chi connectivity index (χ2v) is 8.62. The number of halogens is 2. The summed E-state index contributed by atoms with van der Waals surface area (Å²) in [5.41, 5.74) is 0.990. The highest BCUT2D eigenvalue weighted by atomic mass is 35.5. The average Bonchev–Trinajstić information content (AvgIpc) is 2.52. The Morgan fingerprint density at radius 2 is 2.00 bits per heavy atom. The van der Waals surface area contributed by atoms with Gasteiger partial charge >= 0.3 is 0 Å². The molecule has 142 valence electrons. The summed E-state index contributed by atoms with van der Waals surface area (Å²) in [6.07, 6.45) is 1.19. The normalized spacial score (nSPS) is 13.6. The van der Waals surface area contributed by atoms with Crippen LogP contribution in [0.4, 0.5) is 0 Å². The standard InChI is InChI=1S/C16H25Cl2N3O3S/c1-4-19-16(20-7-8-24-9-10-25(3,22)23)21-12(2)13-5-6-14(17)15(18)11-13/h5-6,11-12H,4,7-10H2,1-3H3,(H2,19,20,21). The van der Waals surface area contributed by atoms with Crippen LogP contribution in [0.5, 0.6) is 0 Å². The molecule has 6 nitrogen and oxygen atoms in total. The van der Waals surface area contributed by atoms with Gasteiger partial charge in [-0.1, -0.05) is 29.3 Å². The molecule has 0 heterocycles. The number of ether oxygens (including phenoxy) is 1. The van der Waals surface area contributed by atoms with Crippen molar-refractivity contribution in [3.63, 3.8) is 0 Å². The molecule has 0 radical (unpaired) electrons. The van der Waals surface area contributed by atoms with Crippen LogP contribution in [0.15, 0.2) is 23.2 Å². The first-order valence-corrected chi connectivity index (χ1v) is 10.8. The Morgan fingerprint density at radius 1 is 1.28 bits per heavy atom. The van der Waals surface area contributed by atoms with Crippen molar-refractivity contribution in [1.82, 2.24) is 10.6 Å². The highest BCUT2D eigenvalue weighted by Gasteiger charge is 2.09. The third kappa shape index (κ3) is 9.30. The van der Waals surface area contributed by atoms with Crippen molar-refractivity contribution < 1.29 is 13.2 Å². The fraction of sp³-hybridized carbons (Fsp3) is 0.562. The summed E-state index contributed by atoms with van der Waals surface area (Å²) in [6.45, 7) is 5.64. The van der Waals surface area contributed by atoms with E-state index in [0.717, 1.165) is 12.1 Å². The molecule has 0 saturated carbocycles. The monoisotopic (exact) mass is 409 g/mol. The Balaban J connectivity index is 2.53. The van der Waals surface area contributed by atoms with Gasteiger partial charge in [0, 0.05) is 12.8 Å². The quantitative estimate of drug-likeness (QED) is 0.372. The lowest BCUT2D eigenvalue weighted by Gasteiger charge is -2.18. The molecule has 1 rings (SSSR count). The van der Waals surface area contributed by atoms with Gasteiger partial charge in [0.15, 0.2) is 5.96 Å². The molecule has 2 N–H and O–H groups in total. The number of sulfone groups is 1. The Morgan fingerprint density at radius 3 is 2.60 bits per heavy atom. The van der Waals surface area contributed by atoms with Crippen LogP contribution >= 0.6 is 23.2 Å². The van der Waals surface area contributed by atoms with E-state index < -0.39 is 9.84 Å². The van der Waals surface area contributed by atoms with E-state index in [1.807, 2.05) is 26.0 Å². The van der Waals surface area contributed by atoms with Gasteiger partial charge in [-0.15, -0.1) is 0 Å². The predicted octanol–water partition coefficient (Wildman–Crippen LogP) is 2.67. The Kier molecular flexibility index (Phi) is 9.56. The minimum Gasteiger partial charge on any atom is -0.378 e. The molecule has 25 heavy (non-hydrogen) atoms. The molecule has 0 amide bonds. The molecule has 0 aliphatic heterocycles. The fourth-order valence-electron chi connectivity index (χ4n) is 1.92. The van der Waals surface area contributed by atoms with Gasteiger partial charge in [-0.2, -0.15) is 0 Å². The van der Waals surface area contributed by atoms with Crippen molar-refractivity contribution in [2.45, 2.75) is 19.9 Å². The van der Waals surface area contributed by atoms with Crippen LogP contribution in [0.1, 0.15) is 25.5 Å². The zero-order chi connectivity index (χ0) is 18.9. The zero-order valence-electron chi connectivity index (χ0n) is 14.7. The highest BCUT2D eigenvalue weighted by molar-refractivity contribution is 7.90. The van der Waals surface area contributed by atoms with E-state index in [1.54, 1.807) is 6.07 Å². The van der Waals surface area contributed by atoms with Crippen LogP contribution in [0.25, 0.3) is 0 Å². The third-order valence-electron chi connectivity index (χ3n) is 3.25. The predicted molar refractivity (Wildman–Crippen MR) is 105 cm³/mol. The number of nitrogens with zero attached hydrogens (tertiary/aromatic N) is 1. The maximum Gasteiger partial charge on any atom is 0.191 e. The van der Waals surface area contributed by atoms with E-state index in [0.29, 0.717) is 29.2 Å². The van der Waals surface area contributed by atoms with Crippen LogP contribution < -0.4 is 10.6 Å². The Labute approximate surface area is 159 Å². The van der Waals surface area contributed by atoms with Crippen molar-refractivity contribution in [1.29, 1.82) is 0 Å². The number of aliphatic imine (C=N–C) groups is 1. The maximum absolute atomic E-state index is 11.0. The minimum atomic E-state index is -3.00. The molecule has 1 atom stereocenters. The van der Waals surface area contributed by atoms with Gasteiger partial charge in [0.2, 0.25) is 0 Å². The summed E-state index contributed by atoms with van der Waals surface area (Å²) < 4.78 is 27.3. The van der Waals surface area contributed by atoms with Gasteiger partial charge in [-0.05, 0) is 31.5 Å². The second kappa shape index (κ2) is 10.9. The number of rotatable bonds is 9. The number of guanidine groups is 1. The first-order valence-electron chi connectivity index (χ1n) is 7.98. The maximum atomic E-state index is 11.0. The number of benzene rings is 1. The summed E-state index contributed by atoms with van der Waals surface area (Å²) in [4.78, 5) is 4.41. The molecule has 1 aromatic rings. The van der Waals surface area contributed by atoms with Gasteiger partial charge in [-0.25, -0.2) is 8.42 Å². The number of hydrogen-bond donors (Lipinski definition) is 2. The van der Waals surface area contributed by atoms with Crippen LogP contribution in [-0.2, 0) is 14.6 Å². The van der Waals surface area contributed by atoms with Crippen molar-refractivity contribution in [2.24, 2.45) is 4.99 Å². The topological polar surface area (TPSA) is 79.8 Å². The van der Waals surface area contributed by atoms with Crippen molar-refractivity contribution >= 4 is 39.0 Å². The van der Waals surface area contributed by atoms with E-state index in [4.69, 9.17) is 27.9 Å². The van der Waals surface area contributed by atoms with Crippen LogP contribution in [0, 0.1) is 0 Å². The second-order valence-electron chi connectivity index (χ2n) is 5.54. The molecule has 0 fully saturated rings. The number of nitrogens with one attached hydrogen (secondary N) is 2. The lowest BCUT2D eigenvalue weighted by molar-refractivity contribution is 0.157. The minimum absolute atomic E-state index is 0.0151. The molecule has 0 aliphatic rings. The SMILES string of the molecule is CCNC(=NCCOCCS(C)(=O)=O)NC(C)c1ccc(Cl)c(Cl)c1. The molecular formula is C16H25Cl2N3O3S. The van der Waals surface area contributed by atoms with Crippen molar-refractivity contribution in [3.05, 3.63) is 33.8 Å². The first kappa shape index (κ1) is 22.0. The van der Waals surface area contributed by atoms with E-state index >= 15 is 0 Å². The molecule has 0 bridgehead atoms. The number of hydrogen-bond acceptors (Lipinski definition) is 4. The van der Waals surface area contributed by atoms with Gasteiger partial charge in [0.25, 0.3) is 0 Å². The van der Waals surface area contributed by atoms with Crippen LogP contribution in [-0.4, -0.2) is 52.7 Å². The van der Waals surface area contributed by atoms with E-state index in [1.165, 1.54) is 6.26 Å². The Bertz CT molecular complexity index is 681. The smallest absolute Gasteiger partial charge is 0.191 e. The first-order chi connectivity index (χ1) is 11.7. The molecule has 0 aliphatic carbocycles. The molecular weight excluding hydrogens is 385 g/mol. The van der Waals surface area contributed by atoms with Gasteiger partial charge < -0.3 is 15.4 Å². The largest absolute Gasteiger partial charge is 0.378 e. The van der Waals surface area contributed by atoms with Gasteiger partial charge in [0.1, 0.15) is 9.84 Å². The van der Waals surface area contributed by atoms with Gasteiger partial charge in [0.05, 0.1) is 41.6 Å². The summed E-state index contributed by atoms with van der Waals surface area (Å²) >= 11 is 12.0. The summed E-state index contributed by atoms with van der Waals surface area (Å²) in [5.74, 6) is 0.663. The van der Waals surface area contributed by atoms with Crippen molar-refractivity contribution in [3.8, 4) is 0 Å².